The Bertz CT molecular complexity index is 1040. The zero-order valence-corrected chi connectivity index (χ0v) is 18.3. The maximum absolute atomic E-state index is 12.9. The van der Waals surface area contributed by atoms with Crippen LogP contribution in [0.15, 0.2) is 47.4 Å². The van der Waals surface area contributed by atoms with Gasteiger partial charge in [-0.3, -0.25) is 9.59 Å². The Kier molecular flexibility index (Phi) is 6.58. The molecule has 0 saturated carbocycles. The number of carbonyl (C=O) groups is 2. The monoisotopic (exact) mass is 429 g/mol. The van der Waals surface area contributed by atoms with Gasteiger partial charge in [-0.15, -0.1) is 0 Å². The minimum Gasteiger partial charge on any atom is -0.322 e. The van der Waals surface area contributed by atoms with Gasteiger partial charge in [-0.1, -0.05) is 19.9 Å². The molecule has 1 saturated heterocycles. The summed E-state index contributed by atoms with van der Waals surface area (Å²) in [6, 6.07) is 11.7. The third-order valence-electron chi connectivity index (χ3n) is 5.28. The van der Waals surface area contributed by atoms with Gasteiger partial charge in [0.15, 0.2) is 0 Å². The molecule has 0 radical (unpaired) electrons. The van der Waals surface area contributed by atoms with Crippen LogP contribution < -0.4 is 10.2 Å². The van der Waals surface area contributed by atoms with Crippen LogP contribution in [0.1, 0.15) is 42.6 Å². The van der Waals surface area contributed by atoms with E-state index in [-0.39, 0.29) is 16.7 Å². The highest BCUT2D eigenvalue weighted by atomic mass is 32.2. The Hall–Kier alpha value is -2.71. The first kappa shape index (κ1) is 22.0. The van der Waals surface area contributed by atoms with Gasteiger partial charge in [-0.25, -0.2) is 8.42 Å². The van der Waals surface area contributed by atoms with E-state index < -0.39 is 10.0 Å². The molecule has 0 unspecified atom stereocenters. The molecule has 0 aromatic heterocycles. The molecule has 8 heteroatoms. The molecule has 2 aromatic carbocycles. The summed E-state index contributed by atoms with van der Waals surface area (Å²) in [6.07, 6.45) is 1.39. The molecule has 0 atom stereocenters. The first-order valence-corrected chi connectivity index (χ1v) is 11.5. The molecular formula is C22H27N3O4S. The van der Waals surface area contributed by atoms with Crippen LogP contribution in [0.25, 0.3) is 0 Å². The van der Waals surface area contributed by atoms with Crippen LogP contribution in [0.5, 0.6) is 0 Å². The zero-order valence-electron chi connectivity index (χ0n) is 17.5. The lowest BCUT2D eigenvalue weighted by Gasteiger charge is -2.20. The number of anilines is 2. The van der Waals surface area contributed by atoms with E-state index in [2.05, 4.69) is 5.32 Å². The molecule has 0 aliphatic carbocycles. The van der Waals surface area contributed by atoms with E-state index in [1.807, 2.05) is 0 Å². The lowest BCUT2D eigenvalue weighted by molar-refractivity contribution is -0.117. The Morgan fingerprint density at radius 3 is 2.33 bits per heavy atom. The van der Waals surface area contributed by atoms with Crippen molar-refractivity contribution in [2.45, 2.75) is 38.5 Å². The molecular weight excluding hydrogens is 402 g/mol. The molecule has 7 nitrogen and oxygen atoms in total. The van der Waals surface area contributed by atoms with Crippen LogP contribution >= 0.6 is 0 Å². The number of sulfonamides is 1. The van der Waals surface area contributed by atoms with Gasteiger partial charge < -0.3 is 10.2 Å². The van der Waals surface area contributed by atoms with Gasteiger partial charge >= 0.3 is 0 Å². The van der Waals surface area contributed by atoms with Crippen molar-refractivity contribution in [2.24, 2.45) is 0 Å². The normalized spacial score (nSPS) is 14.4. The Labute approximate surface area is 177 Å². The number of rotatable bonds is 7. The maximum Gasteiger partial charge on any atom is 0.255 e. The lowest BCUT2D eigenvalue weighted by atomic mass is 10.1. The van der Waals surface area contributed by atoms with Crippen LogP contribution in [0.2, 0.25) is 0 Å². The molecule has 1 aliphatic rings. The lowest BCUT2D eigenvalue weighted by Crippen LogP contribution is -2.31. The summed E-state index contributed by atoms with van der Waals surface area (Å²) in [6.45, 7) is 6.77. The van der Waals surface area contributed by atoms with Crippen molar-refractivity contribution in [1.29, 1.82) is 0 Å². The molecule has 0 bridgehead atoms. The van der Waals surface area contributed by atoms with Crippen LogP contribution in [0, 0.1) is 6.92 Å². The highest BCUT2D eigenvalue weighted by molar-refractivity contribution is 7.89. The number of amides is 2. The molecule has 160 valence electrons. The highest BCUT2D eigenvalue weighted by Gasteiger charge is 2.24. The van der Waals surface area contributed by atoms with E-state index in [4.69, 9.17) is 0 Å². The van der Waals surface area contributed by atoms with E-state index >= 15 is 0 Å². The number of hydrogen-bond acceptors (Lipinski definition) is 4. The van der Waals surface area contributed by atoms with E-state index in [9.17, 15) is 18.0 Å². The van der Waals surface area contributed by atoms with Crippen molar-refractivity contribution in [3.63, 3.8) is 0 Å². The van der Waals surface area contributed by atoms with Crippen LogP contribution in [-0.2, 0) is 14.8 Å². The second kappa shape index (κ2) is 8.97. The predicted octanol–water partition coefficient (Wildman–Crippen LogP) is 3.40. The quantitative estimate of drug-likeness (QED) is 0.731. The molecule has 1 aliphatic heterocycles. The fraction of sp³-hybridized carbons (Fsp3) is 0.364. The summed E-state index contributed by atoms with van der Waals surface area (Å²) in [5.74, 6) is -0.252. The van der Waals surface area contributed by atoms with Crippen LogP contribution in [0.3, 0.4) is 0 Å². The third-order valence-corrected chi connectivity index (χ3v) is 7.48. The van der Waals surface area contributed by atoms with Gasteiger partial charge in [0, 0.05) is 43.0 Å². The van der Waals surface area contributed by atoms with E-state index in [1.165, 1.54) is 10.4 Å². The second-order valence-electron chi connectivity index (χ2n) is 7.22. The van der Waals surface area contributed by atoms with Crippen molar-refractivity contribution in [1.82, 2.24) is 4.31 Å². The van der Waals surface area contributed by atoms with Gasteiger partial charge in [0.25, 0.3) is 5.91 Å². The molecule has 2 amide bonds. The standard InChI is InChI=1S/C22H27N3O4S/c1-4-24(5-2)30(28,29)20-15-18(11-8-16(20)3)23-22(27)17-9-12-19(13-10-17)25-14-6-7-21(25)26/h8-13,15H,4-7,14H2,1-3H3,(H,23,27). The topological polar surface area (TPSA) is 86.8 Å². The summed E-state index contributed by atoms with van der Waals surface area (Å²) in [4.78, 5) is 26.4. The predicted molar refractivity (Wildman–Crippen MR) is 117 cm³/mol. The van der Waals surface area contributed by atoms with Gasteiger partial charge in [0.2, 0.25) is 15.9 Å². The molecule has 1 fully saturated rings. The number of carbonyl (C=O) groups excluding carboxylic acids is 2. The first-order chi connectivity index (χ1) is 14.3. The summed E-state index contributed by atoms with van der Waals surface area (Å²) >= 11 is 0. The summed E-state index contributed by atoms with van der Waals surface area (Å²) < 4.78 is 27.2. The van der Waals surface area contributed by atoms with Crippen LogP contribution in [0.4, 0.5) is 11.4 Å². The van der Waals surface area contributed by atoms with E-state index in [1.54, 1.807) is 62.1 Å². The fourth-order valence-corrected chi connectivity index (χ4v) is 5.28. The van der Waals surface area contributed by atoms with Gasteiger partial charge in [0.1, 0.15) is 0 Å². The molecule has 2 aromatic rings. The number of nitrogens with one attached hydrogen (secondary N) is 1. The number of benzene rings is 2. The first-order valence-electron chi connectivity index (χ1n) is 10.1. The second-order valence-corrected chi connectivity index (χ2v) is 9.13. The van der Waals surface area contributed by atoms with Crippen molar-refractivity contribution in [2.75, 3.05) is 29.9 Å². The van der Waals surface area contributed by atoms with Gasteiger partial charge in [0.05, 0.1) is 4.90 Å². The fourth-order valence-electron chi connectivity index (χ4n) is 3.58. The Balaban J connectivity index is 1.79. The molecule has 30 heavy (non-hydrogen) atoms. The maximum atomic E-state index is 12.9. The third kappa shape index (κ3) is 4.39. The summed E-state index contributed by atoms with van der Waals surface area (Å²) in [7, 11) is -3.63. The molecule has 1 heterocycles. The van der Waals surface area contributed by atoms with Crippen LogP contribution in [-0.4, -0.2) is 44.2 Å². The Morgan fingerprint density at radius 1 is 1.10 bits per heavy atom. The van der Waals surface area contributed by atoms with Gasteiger partial charge in [-0.05, 0) is 55.3 Å². The minimum atomic E-state index is -3.63. The van der Waals surface area contributed by atoms with Crippen molar-refractivity contribution >= 4 is 33.2 Å². The van der Waals surface area contributed by atoms with Gasteiger partial charge in [-0.2, -0.15) is 4.31 Å². The minimum absolute atomic E-state index is 0.0915. The molecule has 3 rings (SSSR count). The molecule has 1 N–H and O–H groups in total. The zero-order chi connectivity index (χ0) is 21.9. The summed E-state index contributed by atoms with van der Waals surface area (Å²) in [5, 5.41) is 2.77. The highest BCUT2D eigenvalue weighted by Crippen LogP contribution is 2.25. The van der Waals surface area contributed by atoms with E-state index in [0.29, 0.717) is 42.9 Å². The average molecular weight is 430 g/mol. The molecule has 0 spiro atoms. The summed E-state index contributed by atoms with van der Waals surface area (Å²) in [5.41, 5.74) is 2.24. The van der Waals surface area contributed by atoms with Crippen molar-refractivity contribution in [3.05, 3.63) is 53.6 Å². The largest absolute Gasteiger partial charge is 0.322 e. The SMILES string of the molecule is CCN(CC)S(=O)(=O)c1cc(NC(=O)c2ccc(N3CCCC3=O)cc2)ccc1C. The Morgan fingerprint density at radius 2 is 1.77 bits per heavy atom. The average Bonchev–Trinajstić information content (AvgIpc) is 3.16. The number of nitrogens with zero attached hydrogens (tertiary/aromatic N) is 2. The van der Waals surface area contributed by atoms with Crippen molar-refractivity contribution < 1.29 is 18.0 Å². The van der Waals surface area contributed by atoms with E-state index in [0.717, 1.165) is 12.1 Å². The number of hydrogen-bond donors (Lipinski definition) is 1. The number of aryl methyl sites for hydroxylation is 1. The smallest absolute Gasteiger partial charge is 0.255 e. The van der Waals surface area contributed by atoms with Crippen molar-refractivity contribution in [3.8, 4) is 0 Å².